The third kappa shape index (κ3) is 3.72. The standard InChI is InChI=1S/C19H16BrClN2O2S/c1-3-12-5-6-13(20)17-16(12)18(25)15(10(2)24)19(23-17)26-9-11-4-7-14(21)22-8-11/h4-8H,3,9H2,1-2H3,(H,23,25). The number of carbonyl (C=O) groups excluding carboxylic acids is 1. The van der Waals surface area contributed by atoms with E-state index in [-0.39, 0.29) is 16.8 Å². The van der Waals surface area contributed by atoms with Crippen molar-refractivity contribution < 1.29 is 4.79 Å². The molecule has 0 aliphatic carbocycles. The predicted octanol–water partition coefficient (Wildman–Crippen LogP) is 5.40. The summed E-state index contributed by atoms with van der Waals surface area (Å²) in [6.45, 7) is 3.42. The Bertz CT molecular complexity index is 1050. The number of carbonyl (C=O) groups is 1. The van der Waals surface area contributed by atoms with Crippen LogP contribution in [0.15, 0.2) is 44.8 Å². The molecule has 0 fully saturated rings. The fraction of sp³-hybridized carbons (Fsp3) is 0.211. The average molecular weight is 452 g/mol. The topological polar surface area (TPSA) is 62.8 Å². The number of hydrogen-bond donors (Lipinski definition) is 1. The van der Waals surface area contributed by atoms with Gasteiger partial charge in [0.2, 0.25) is 5.43 Å². The van der Waals surface area contributed by atoms with Gasteiger partial charge in [-0.1, -0.05) is 30.7 Å². The van der Waals surface area contributed by atoms with Gasteiger partial charge in [-0.25, -0.2) is 4.98 Å². The molecule has 1 N–H and O–H groups in total. The van der Waals surface area contributed by atoms with Gasteiger partial charge in [-0.15, -0.1) is 11.8 Å². The van der Waals surface area contributed by atoms with Gasteiger partial charge in [-0.05, 0) is 52.5 Å². The van der Waals surface area contributed by atoms with Crippen LogP contribution < -0.4 is 5.43 Å². The maximum atomic E-state index is 13.1. The summed E-state index contributed by atoms with van der Waals surface area (Å²) in [4.78, 5) is 32.6. The molecule has 0 amide bonds. The van der Waals surface area contributed by atoms with E-state index in [2.05, 4.69) is 25.9 Å². The van der Waals surface area contributed by atoms with Gasteiger partial charge in [-0.3, -0.25) is 9.59 Å². The van der Waals surface area contributed by atoms with Crippen molar-refractivity contribution in [1.82, 2.24) is 9.97 Å². The van der Waals surface area contributed by atoms with Gasteiger partial charge in [0.25, 0.3) is 0 Å². The first-order valence-corrected chi connectivity index (χ1v) is 10.2. The van der Waals surface area contributed by atoms with Gasteiger partial charge in [-0.2, -0.15) is 0 Å². The molecule has 0 atom stereocenters. The number of nitrogens with one attached hydrogen (secondary N) is 1. The minimum Gasteiger partial charge on any atom is -0.348 e. The van der Waals surface area contributed by atoms with Crippen LogP contribution in [0.25, 0.3) is 10.9 Å². The molecule has 3 rings (SSSR count). The summed E-state index contributed by atoms with van der Waals surface area (Å²) >= 11 is 10.7. The van der Waals surface area contributed by atoms with Gasteiger partial charge < -0.3 is 4.98 Å². The number of nitrogens with zero attached hydrogens (tertiary/aromatic N) is 1. The van der Waals surface area contributed by atoms with Crippen molar-refractivity contribution in [2.45, 2.75) is 31.0 Å². The van der Waals surface area contributed by atoms with E-state index < -0.39 is 0 Å². The first-order chi connectivity index (χ1) is 12.4. The van der Waals surface area contributed by atoms with E-state index in [0.717, 1.165) is 21.1 Å². The van der Waals surface area contributed by atoms with Crippen LogP contribution in [-0.4, -0.2) is 15.8 Å². The van der Waals surface area contributed by atoms with E-state index >= 15 is 0 Å². The molecule has 4 nitrogen and oxygen atoms in total. The normalized spacial score (nSPS) is 11.1. The number of rotatable bonds is 5. The molecule has 2 aromatic heterocycles. The highest BCUT2D eigenvalue weighted by atomic mass is 79.9. The van der Waals surface area contributed by atoms with Crippen LogP contribution in [0.5, 0.6) is 0 Å². The number of hydrogen-bond acceptors (Lipinski definition) is 4. The van der Waals surface area contributed by atoms with Crippen molar-refractivity contribution in [2.24, 2.45) is 0 Å². The summed E-state index contributed by atoms with van der Waals surface area (Å²) in [7, 11) is 0. The highest BCUT2D eigenvalue weighted by molar-refractivity contribution is 9.10. The van der Waals surface area contributed by atoms with Crippen LogP contribution in [0.1, 0.15) is 35.3 Å². The Morgan fingerprint density at radius 1 is 1.31 bits per heavy atom. The minimum absolute atomic E-state index is 0.206. The predicted molar refractivity (Wildman–Crippen MR) is 110 cm³/mol. The lowest BCUT2D eigenvalue weighted by Gasteiger charge is -2.12. The van der Waals surface area contributed by atoms with E-state index in [1.807, 2.05) is 25.1 Å². The molecular formula is C19H16BrClN2O2S. The molecule has 0 aliphatic heterocycles. The molecule has 0 aliphatic rings. The first kappa shape index (κ1) is 19.1. The van der Waals surface area contributed by atoms with Crippen LogP contribution in [0.4, 0.5) is 0 Å². The Kier molecular flexibility index (Phi) is 5.85. The summed E-state index contributed by atoms with van der Waals surface area (Å²) in [5.74, 6) is 0.323. The smallest absolute Gasteiger partial charge is 0.201 e. The number of H-pyrrole nitrogens is 1. The molecule has 0 spiro atoms. The molecule has 7 heteroatoms. The van der Waals surface area contributed by atoms with Gasteiger partial charge >= 0.3 is 0 Å². The van der Waals surface area contributed by atoms with E-state index in [1.165, 1.54) is 18.7 Å². The van der Waals surface area contributed by atoms with Crippen molar-refractivity contribution >= 4 is 56.0 Å². The zero-order valence-electron chi connectivity index (χ0n) is 14.2. The van der Waals surface area contributed by atoms with Crippen LogP contribution in [0, 0.1) is 0 Å². The lowest BCUT2D eigenvalue weighted by molar-refractivity contribution is 0.101. The SMILES string of the molecule is CCc1ccc(Br)c2[nH]c(SCc3ccc(Cl)nc3)c(C(C)=O)c(=O)c12. The quantitative estimate of drug-likeness (QED) is 0.321. The monoisotopic (exact) mass is 450 g/mol. The number of pyridine rings is 2. The van der Waals surface area contributed by atoms with Crippen molar-refractivity contribution in [3.63, 3.8) is 0 Å². The lowest BCUT2D eigenvalue weighted by atomic mass is 10.0. The second kappa shape index (κ2) is 7.94. The second-order valence-electron chi connectivity index (χ2n) is 5.80. The molecule has 0 bridgehead atoms. The molecule has 3 aromatic rings. The van der Waals surface area contributed by atoms with E-state index in [4.69, 9.17) is 11.6 Å². The summed E-state index contributed by atoms with van der Waals surface area (Å²) in [5, 5.41) is 1.57. The van der Waals surface area contributed by atoms with E-state index in [0.29, 0.717) is 27.7 Å². The molecule has 2 heterocycles. The van der Waals surface area contributed by atoms with Crippen molar-refractivity contribution in [3.8, 4) is 0 Å². The molecule has 134 valence electrons. The Morgan fingerprint density at radius 3 is 2.69 bits per heavy atom. The van der Waals surface area contributed by atoms with Crippen LogP contribution in [0.2, 0.25) is 5.15 Å². The highest BCUT2D eigenvalue weighted by Gasteiger charge is 2.19. The largest absolute Gasteiger partial charge is 0.348 e. The Balaban J connectivity index is 2.13. The van der Waals surface area contributed by atoms with Crippen LogP contribution >= 0.6 is 39.3 Å². The second-order valence-corrected chi connectivity index (χ2v) is 8.03. The fourth-order valence-electron chi connectivity index (χ4n) is 2.78. The van der Waals surface area contributed by atoms with Crippen molar-refractivity contribution in [2.75, 3.05) is 0 Å². The Morgan fingerprint density at radius 2 is 2.08 bits per heavy atom. The minimum atomic E-state index is -0.244. The third-order valence-corrected chi connectivity index (χ3v) is 6.02. The summed E-state index contributed by atoms with van der Waals surface area (Å²) < 4.78 is 0.798. The fourth-order valence-corrected chi connectivity index (χ4v) is 4.35. The molecule has 0 radical (unpaired) electrons. The number of thioether (sulfide) groups is 1. The number of aromatic amines is 1. The zero-order chi connectivity index (χ0) is 18.8. The van der Waals surface area contributed by atoms with Gasteiger partial charge in [0, 0.05) is 16.4 Å². The average Bonchev–Trinajstić information content (AvgIpc) is 2.61. The lowest BCUT2D eigenvalue weighted by Crippen LogP contribution is -2.18. The summed E-state index contributed by atoms with van der Waals surface area (Å²) in [6, 6.07) is 7.43. The van der Waals surface area contributed by atoms with Crippen LogP contribution in [0.3, 0.4) is 0 Å². The number of benzene rings is 1. The Labute approximate surface area is 168 Å². The van der Waals surface area contributed by atoms with E-state index in [9.17, 15) is 9.59 Å². The van der Waals surface area contributed by atoms with Crippen molar-refractivity contribution in [1.29, 1.82) is 0 Å². The third-order valence-electron chi connectivity index (χ3n) is 4.07. The molecule has 26 heavy (non-hydrogen) atoms. The highest BCUT2D eigenvalue weighted by Crippen LogP contribution is 2.30. The molecule has 0 saturated heterocycles. The number of ketones is 1. The number of halogens is 2. The van der Waals surface area contributed by atoms with Gasteiger partial charge in [0.1, 0.15) is 5.15 Å². The van der Waals surface area contributed by atoms with Gasteiger partial charge in [0.05, 0.1) is 21.5 Å². The number of fused-ring (bicyclic) bond motifs is 1. The first-order valence-electron chi connectivity index (χ1n) is 8.04. The summed E-state index contributed by atoms with van der Waals surface area (Å²) in [5.41, 5.74) is 2.58. The Hall–Kier alpha value is -1.63. The maximum absolute atomic E-state index is 13.1. The number of aromatic nitrogens is 2. The molecule has 0 unspecified atom stereocenters. The van der Waals surface area contributed by atoms with Crippen LogP contribution in [-0.2, 0) is 12.2 Å². The number of Topliss-reactive ketones (excluding diaryl/α,β-unsaturated/α-hetero) is 1. The molecule has 0 saturated carbocycles. The van der Waals surface area contributed by atoms with Crippen molar-refractivity contribution in [3.05, 3.63) is 67.0 Å². The zero-order valence-corrected chi connectivity index (χ0v) is 17.4. The van der Waals surface area contributed by atoms with E-state index in [1.54, 1.807) is 12.3 Å². The summed E-state index contributed by atoms with van der Waals surface area (Å²) in [6.07, 6.45) is 2.40. The maximum Gasteiger partial charge on any atom is 0.201 e. The number of aryl methyl sites for hydroxylation is 1. The van der Waals surface area contributed by atoms with Gasteiger partial charge in [0.15, 0.2) is 5.78 Å². The molecular weight excluding hydrogens is 436 g/mol. The molecule has 1 aromatic carbocycles.